The van der Waals surface area contributed by atoms with Gasteiger partial charge in [-0.25, -0.2) is 0 Å². The third-order valence-electron chi connectivity index (χ3n) is 4.49. The van der Waals surface area contributed by atoms with E-state index < -0.39 is 0 Å². The molecular formula is C16H31NO2. The van der Waals surface area contributed by atoms with Crippen molar-refractivity contribution in [3.8, 4) is 0 Å². The average Bonchev–Trinajstić information content (AvgIpc) is 2.48. The van der Waals surface area contributed by atoms with Crippen molar-refractivity contribution in [3.05, 3.63) is 0 Å². The number of hydrogen-bond acceptors (Lipinski definition) is 3. The molecule has 112 valence electrons. The molecule has 1 atom stereocenters. The van der Waals surface area contributed by atoms with Gasteiger partial charge in [0, 0.05) is 13.2 Å². The first-order valence-electron chi connectivity index (χ1n) is 8.31. The van der Waals surface area contributed by atoms with Gasteiger partial charge in [0.1, 0.15) is 0 Å². The highest BCUT2D eigenvalue weighted by Crippen LogP contribution is 2.32. The molecule has 3 heteroatoms. The Morgan fingerprint density at radius 2 is 2.00 bits per heavy atom. The van der Waals surface area contributed by atoms with Crippen molar-refractivity contribution in [2.45, 2.75) is 76.4 Å². The summed E-state index contributed by atoms with van der Waals surface area (Å²) in [4.78, 5) is 0. The second-order valence-corrected chi connectivity index (χ2v) is 6.22. The van der Waals surface area contributed by atoms with Gasteiger partial charge in [0.2, 0.25) is 0 Å². The van der Waals surface area contributed by atoms with Crippen LogP contribution in [0.1, 0.15) is 64.7 Å². The van der Waals surface area contributed by atoms with Gasteiger partial charge in [0.25, 0.3) is 0 Å². The van der Waals surface area contributed by atoms with E-state index in [0.29, 0.717) is 6.10 Å². The molecule has 0 spiro atoms. The summed E-state index contributed by atoms with van der Waals surface area (Å²) < 4.78 is 12.2. The minimum absolute atomic E-state index is 0.0915. The number of nitrogens with one attached hydrogen (secondary N) is 1. The maximum absolute atomic E-state index is 6.37. The number of ether oxygens (including phenoxy) is 2. The SMILES string of the molecule is CCCNCC1(OCC2CCCCO2)CCCCC1. The minimum Gasteiger partial charge on any atom is -0.376 e. The summed E-state index contributed by atoms with van der Waals surface area (Å²) in [5, 5.41) is 3.57. The first-order valence-corrected chi connectivity index (χ1v) is 8.31. The van der Waals surface area contributed by atoms with Gasteiger partial charge in [0.05, 0.1) is 18.3 Å². The zero-order valence-corrected chi connectivity index (χ0v) is 12.6. The van der Waals surface area contributed by atoms with Crippen molar-refractivity contribution in [3.63, 3.8) is 0 Å². The zero-order valence-electron chi connectivity index (χ0n) is 12.6. The molecule has 0 aromatic heterocycles. The molecule has 3 nitrogen and oxygen atoms in total. The van der Waals surface area contributed by atoms with E-state index in [-0.39, 0.29) is 5.60 Å². The van der Waals surface area contributed by atoms with Crippen LogP contribution in [0.4, 0.5) is 0 Å². The van der Waals surface area contributed by atoms with E-state index in [4.69, 9.17) is 9.47 Å². The van der Waals surface area contributed by atoms with E-state index >= 15 is 0 Å². The first kappa shape index (κ1) is 15.3. The Morgan fingerprint density at radius 1 is 1.16 bits per heavy atom. The summed E-state index contributed by atoms with van der Waals surface area (Å²) in [7, 11) is 0. The van der Waals surface area contributed by atoms with Crippen LogP contribution < -0.4 is 5.32 Å². The van der Waals surface area contributed by atoms with E-state index in [9.17, 15) is 0 Å². The van der Waals surface area contributed by atoms with Crippen molar-refractivity contribution >= 4 is 0 Å². The Kier molecular flexibility index (Phi) is 6.62. The van der Waals surface area contributed by atoms with Crippen molar-refractivity contribution in [1.29, 1.82) is 0 Å². The van der Waals surface area contributed by atoms with Gasteiger partial charge in [-0.1, -0.05) is 26.2 Å². The Morgan fingerprint density at radius 3 is 2.68 bits per heavy atom. The standard InChI is InChI=1S/C16H31NO2/c1-2-11-17-14-16(9-5-3-6-10-16)19-13-15-8-4-7-12-18-15/h15,17H,2-14H2,1H3. The summed E-state index contributed by atoms with van der Waals surface area (Å²) in [6.07, 6.45) is 11.7. The van der Waals surface area contributed by atoms with Gasteiger partial charge in [-0.3, -0.25) is 0 Å². The maximum Gasteiger partial charge on any atom is 0.0808 e. The predicted molar refractivity (Wildman–Crippen MR) is 78.5 cm³/mol. The lowest BCUT2D eigenvalue weighted by Gasteiger charge is -2.39. The lowest BCUT2D eigenvalue weighted by Crippen LogP contribution is -2.46. The third kappa shape index (κ3) is 5.05. The third-order valence-corrected chi connectivity index (χ3v) is 4.49. The van der Waals surface area contributed by atoms with E-state index in [2.05, 4.69) is 12.2 Å². The average molecular weight is 269 g/mol. The molecule has 1 saturated heterocycles. The normalized spacial score (nSPS) is 27.3. The number of rotatable bonds is 7. The Bertz CT molecular complexity index is 233. The van der Waals surface area contributed by atoms with Crippen LogP contribution in [0, 0.1) is 0 Å². The highest BCUT2D eigenvalue weighted by Gasteiger charge is 2.33. The molecule has 2 rings (SSSR count). The molecule has 0 aromatic carbocycles. The fraction of sp³-hybridized carbons (Fsp3) is 1.00. The van der Waals surface area contributed by atoms with Gasteiger partial charge < -0.3 is 14.8 Å². The summed E-state index contributed by atoms with van der Waals surface area (Å²) in [6.45, 7) is 6.07. The zero-order chi connectivity index (χ0) is 13.4. The lowest BCUT2D eigenvalue weighted by atomic mass is 9.84. The molecule has 1 unspecified atom stereocenters. The molecule has 2 aliphatic rings. The van der Waals surface area contributed by atoms with Crippen LogP contribution in [0.5, 0.6) is 0 Å². The van der Waals surface area contributed by atoms with Crippen molar-refractivity contribution < 1.29 is 9.47 Å². The van der Waals surface area contributed by atoms with Gasteiger partial charge >= 0.3 is 0 Å². The highest BCUT2D eigenvalue weighted by atomic mass is 16.5. The largest absolute Gasteiger partial charge is 0.376 e. The molecule has 0 bridgehead atoms. The van der Waals surface area contributed by atoms with Crippen LogP contribution in [-0.2, 0) is 9.47 Å². The molecule has 1 aliphatic heterocycles. The van der Waals surface area contributed by atoms with Gasteiger partial charge in [-0.2, -0.15) is 0 Å². The summed E-state index contributed by atoms with van der Waals surface area (Å²) in [6, 6.07) is 0. The van der Waals surface area contributed by atoms with Gasteiger partial charge in [0.15, 0.2) is 0 Å². The van der Waals surface area contributed by atoms with Gasteiger partial charge in [-0.15, -0.1) is 0 Å². The molecule has 19 heavy (non-hydrogen) atoms. The molecule has 1 saturated carbocycles. The molecule has 2 fully saturated rings. The summed E-state index contributed by atoms with van der Waals surface area (Å²) in [5.74, 6) is 0. The molecule has 0 aromatic rings. The van der Waals surface area contributed by atoms with Crippen LogP contribution in [0.15, 0.2) is 0 Å². The lowest BCUT2D eigenvalue weighted by molar-refractivity contribution is -0.119. The van der Waals surface area contributed by atoms with E-state index in [1.807, 2.05) is 0 Å². The summed E-state index contributed by atoms with van der Waals surface area (Å²) >= 11 is 0. The molecular weight excluding hydrogens is 238 g/mol. The van der Waals surface area contributed by atoms with Gasteiger partial charge in [-0.05, 0) is 45.1 Å². The monoisotopic (exact) mass is 269 g/mol. The Labute approximate surface area is 118 Å². The van der Waals surface area contributed by atoms with Crippen LogP contribution in [0.2, 0.25) is 0 Å². The van der Waals surface area contributed by atoms with E-state index in [1.54, 1.807) is 0 Å². The first-order chi connectivity index (χ1) is 9.35. The Hall–Kier alpha value is -0.120. The van der Waals surface area contributed by atoms with E-state index in [0.717, 1.165) is 26.3 Å². The van der Waals surface area contributed by atoms with Crippen molar-refractivity contribution in [1.82, 2.24) is 5.32 Å². The molecule has 0 amide bonds. The molecule has 1 N–H and O–H groups in total. The smallest absolute Gasteiger partial charge is 0.0808 e. The highest BCUT2D eigenvalue weighted by molar-refractivity contribution is 4.87. The predicted octanol–water partition coefficient (Wildman–Crippen LogP) is 3.27. The fourth-order valence-corrected chi connectivity index (χ4v) is 3.27. The second-order valence-electron chi connectivity index (χ2n) is 6.22. The fourth-order valence-electron chi connectivity index (χ4n) is 3.27. The van der Waals surface area contributed by atoms with Crippen molar-refractivity contribution in [2.75, 3.05) is 26.3 Å². The van der Waals surface area contributed by atoms with Crippen LogP contribution in [0.25, 0.3) is 0 Å². The van der Waals surface area contributed by atoms with E-state index in [1.165, 1.54) is 57.8 Å². The molecule has 0 radical (unpaired) electrons. The maximum atomic E-state index is 6.37. The Balaban J connectivity index is 1.78. The van der Waals surface area contributed by atoms with Crippen LogP contribution in [0.3, 0.4) is 0 Å². The summed E-state index contributed by atoms with van der Waals surface area (Å²) in [5.41, 5.74) is 0.0915. The minimum atomic E-state index is 0.0915. The second kappa shape index (κ2) is 8.23. The quantitative estimate of drug-likeness (QED) is 0.720. The van der Waals surface area contributed by atoms with Crippen molar-refractivity contribution in [2.24, 2.45) is 0 Å². The molecule has 1 aliphatic carbocycles. The van der Waals surface area contributed by atoms with Crippen LogP contribution >= 0.6 is 0 Å². The van der Waals surface area contributed by atoms with Crippen LogP contribution in [-0.4, -0.2) is 38.0 Å². The number of hydrogen-bond donors (Lipinski definition) is 1. The topological polar surface area (TPSA) is 30.5 Å². The molecule has 1 heterocycles.